The zero-order chi connectivity index (χ0) is 13.5. The summed E-state index contributed by atoms with van der Waals surface area (Å²) in [5, 5.41) is 9.33. The summed E-state index contributed by atoms with van der Waals surface area (Å²) in [6.07, 6.45) is 1.54. The van der Waals surface area contributed by atoms with Crippen molar-refractivity contribution in [2.24, 2.45) is 0 Å². The molecular formula is C13H26NO3+. The lowest BCUT2D eigenvalue weighted by Crippen LogP contribution is -2.45. The van der Waals surface area contributed by atoms with Gasteiger partial charge in [-0.15, -0.1) is 0 Å². The van der Waals surface area contributed by atoms with Gasteiger partial charge in [0.1, 0.15) is 12.6 Å². The van der Waals surface area contributed by atoms with E-state index in [4.69, 9.17) is 4.74 Å². The summed E-state index contributed by atoms with van der Waals surface area (Å²) in [6, 6.07) is 0. The van der Waals surface area contributed by atoms with Crippen LogP contribution in [0.2, 0.25) is 0 Å². The maximum atomic E-state index is 11.1. The highest BCUT2D eigenvalue weighted by Gasteiger charge is 2.17. The molecule has 0 aromatic heterocycles. The first kappa shape index (κ1) is 16.1. The summed E-state index contributed by atoms with van der Waals surface area (Å²) in [5.41, 5.74) is 0.440. The van der Waals surface area contributed by atoms with Gasteiger partial charge in [-0.2, -0.15) is 0 Å². The molecule has 1 atom stereocenters. The smallest absolute Gasteiger partial charge is 0.333 e. The van der Waals surface area contributed by atoms with Gasteiger partial charge >= 0.3 is 5.97 Å². The third-order valence-electron chi connectivity index (χ3n) is 2.50. The van der Waals surface area contributed by atoms with Crippen molar-refractivity contribution in [1.29, 1.82) is 0 Å². The largest absolute Gasteiger partial charge is 0.462 e. The first-order chi connectivity index (χ1) is 7.74. The van der Waals surface area contributed by atoms with Crippen molar-refractivity contribution < 1.29 is 19.1 Å². The SMILES string of the molecule is C=C(C)C(=O)OCCCC[N+](C)(C)CC(C)O. The molecule has 1 N–H and O–H groups in total. The Kier molecular flexibility index (Phi) is 7.07. The van der Waals surface area contributed by atoms with E-state index in [1.807, 2.05) is 0 Å². The van der Waals surface area contributed by atoms with Crippen LogP contribution in [0.25, 0.3) is 0 Å². The minimum atomic E-state index is -0.317. The Morgan fingerprint density at radius 1 is 1.41 bits per heavy atom. The molecule has 0 rings (SSSR count). The molecular weight excluding hydrogens is 218 g/mol. The fourth-order valence-corrected chi connectivity index (χ4v) is 1.74. The summed E-state index contributed by atoms with van der Waals surface area (Å²) in [7, 11) is 4.18. The van der Waals surface area contributed by atoms with Crippen molar-refractivity contribution in [3.63, 3.8) is 0 Å². The van der Waals surface area contributed by atoms with Crippen LogP contribution in [0, 0.1) is 0 Å². The van der Waals surface area contributed by atoms with Crippen LogP contribution in [0.5, 0.6) is 0 Å². The van der Waals surface area contributed by atoms with Crippen LogP contribution in [0.3, 0.4) is 0 Å². The quantitative estimate of drug-likeness (QED) is 0.303. The molecule has 0 bridgehead atoms. The number of carbonyl (C=O) groups excluding carboxylic acids is 1. The molecule has 0 aromatic carbocycles. The Balaban J connectivity index is 3.64. The van der Waals surface area contributed by atoms with E-state index in [0.29, 0.717) is 12.2 Å². The van der Waals surface area contributed by atoms with Gasteiger partial charge in [0.15, 0.2) is 0 Å². The van der Waals surface area contributed by atoms with Crippen LogP contribution in [0.1, 0.15) is 26.7 Å². The molecule has 0 saturated carbocycles. The summed E-state index contributed by atoms with van der Waals surface area (Å²) in [4.78, 5) is 11.1. The molecule has 0 radical (unpaired) electrons. The standard InChI is InChI=1S/C13H26NO3/c1-11(2)13(16)17-9-7-6-8-14(4,5)10-12(3)15/h12,15H,1,6-10H2,2-5H3/q+1. The first-order valence-electron chi connectivity index (χ1n) is 6.07. The van der Waals surface area contributed by atoms with E-state index in [1.54, 1.807) is 13.8 Å². The van der Waals surface area contributed by atoms with E-state index in [2.05, 4.69) is 20.7 Å². The molecule has 100 valence electrons. The molecule has 0 aliphatic carbocycles. The average molecular weight is 244 g/mol. The highest BCUT2D eigenvalue weighted by molar-refractivity contribution is 5.86. The zero-order valence-electron chi connectivity index (χ0n) is 11.5. The van der Waals surface area contributed by atoms with Crippen molar-refractivity contribution in [2.45, 2.75) is 32.8 Å². The van der Waals surface area contributed by atoms with E-state index >= 15 is 0 Å². The predicted molar refractivity (Wildman–Crippen MR) is 68.5 cm³/mol. The van der Waals surface area contributed by atoms with Crippen LogP contribution in [-0.2, 0) is 9.53 Å². The number of aliphatic hydroxyl groups is 1. The predicted octanol–water partition coefficient (Wildman–Crippen LogP) is 1.34. The molecule has 0 fully saturated rings. The second-order valence-electron chi connectivity index (χ2n) is 5.31. The molecule has 0 saturated heterocycles. The summed E-state index contributed by atoms with van der Waals surface area (Å²) < 4.78 is 5.79. The minimum Gasteiger partial charge on any atom is -0.462 e. The number of aliphatic hydroxyl groups excluding tert-OH is 1. The number of rotatable bonds is 8. The Labute approximate surface area is 104 Å². The molecule has 0 aromatic rings. The Bertz CT molecular complexity index is 259. The number of hydrogen-bond acceptors (Lipinski definition) is 3. The van der Waals surface area contributed by atoms with Crippen LogP contribution in [0.4, 0.5) is 0 Å². The minimum absolute atomic E-state index is 0.286. The van der Waals surface area contributed by atoms with Crippen molar-refractivity contribution in [1.82, 2.24) is 0 Å². The van der Waals surface area contributed by atoms with Crippen LogP contribution in [0.15, 0.2) is 12.2 Å². The second kappa shape index (κ2) is 7.45. The Morgan fingerprint density at radius 2 is 2.00 bits per heavy atom. The van der Waals surface area contributed by atoms with Gasteiger partial charge in [-0.05, 0) is 26.7 Å². The van der Waals surface area contributed by atoms with Gasteiger partial charge in [-0.3, -0.25) is 0 Å². The van der Waals surface area contributed by atoms with Crippen molar-refractivity contribution >= 4 is 5.97 Å². The first-order valence-corrected chi connectivity index (χ1v) is 6.07. The van der Waals surface area contributed by atoms with Gasteiger partial charge < -0.3 is 14.3 Å². The van der Waals surface area contributed by atoms with E-state index < -0.39 is 0 Å². The fraction of sp³-hybridized carbons (Fsp3) is 0.769. The fourth-order valence-electron chi connectivity index (χ4n) is 1.74. The molecule has 17 heavy (non-hydrogen) atoms. The van der Waals surface area contributed by atoms with Crippen LogP contribution >= 0.6 is 0 Å². The summed E-state index contributed by atoms with van der Waals surface area (Å²) >= 11 is 0. The number of likely N-dealkylation sites (N-methyl/N-ethyl adjacent to an activating group) is 1. The number of nitrogens with zero attached hydrogens (tertiary/aromatic N) is 1. The van der Waals surface area contributed by atoms with Crippen molar-refractivity contribution in [2.75, 3.05) is 33.8 Å². The monoisotopic (exact) mass is 244 g/mol. The summed E-state index contributed by atoms with van der Waals surface area (Å²) in [5.74, 6) is -0.317. The van der Waals surface area contributed by atoms with E-state index in [9.17, 15) is 9.90 Å². The molecule has 0 spiro atoms. The van der Waals surface area contributed by atoms with Gasteiger partial charge in [0.25, 0.3) is 0 Å². The molecule has 4 heteroatoms. The zero-order valence-corrected chi connectivity index (χ0v) is 11.5. The van der Waals surface area contributed by atoms with Crippen LogP contribution < -0.4 is 0 Å². The number of quaternary nitrogens is 1. The maximum absolute atomic E-state index is 11.1. The number of carbonyl (C=O) groups is 1. The third kappa shape index (κ3) is 8.89. The molecule has 0 aliphatic rings. The Hall–Kier alpha value is -0.870. The van der Waals surface area contributed by atoms with Gasteiger partial charge in [-0.1, -0.05) is 6.58 Å². The number of esters is 1. The van der Waals surface area contributed by atoms with E-state index in [0.717, 1.165) is 30.4 Å². The Morgan fingerprint density at radius 3 is 2.47 bits per heavy atom. The summed E-state index contributed by atoms with van der Waals surface area (Å²) in [6.45, 7) is 9.12. The normalized spacial score (nSPS) is 13.2. The van der Waals surface area contributed by atoms with Gasteiger partial charge in [0, 0.05) is 5.57 Å². The molecule has 0 aliphatic heterocycles. The molecule has 1 unspecified atom stereocenters. The lowest BCUT2D eigenvalue weighted by Gasteiger charge is -2.30. The lowest BCUT2D eigenvalue weighted by molar-refractivity contribution is -0.893. The second-order valence-corrected chi connectivity index (χ2v) is 5.31. The molecule has 0 heterocycles. The van der Waals surface area contributed by atoms with Gasteiger partial charge in [0.05, 0.1) is 27.2 Å². The topological polar surface area (TPSA) is 46.5 Å². The highest BCUT2D eigenvalue weighted by atomic mass is 16.5. The number of hydrogen-bond donors (Lipinski definition) is 1. The highest BCUT2D eigenvalue weighted by Crippen LogP contribution is 2.04. The third-order valence-corrected chi connectivity index (χ3v) is 2.50. The molecule has 4 nitrogen and oxygen atoms in total. The number of unbranched alkanes of at least 4 members (excludes halogenated alkanes) is 1. The molecule has 0 amide bonds. The van der Waals surface area contributed by atoms with Crippen molar-refractivity contribution in [3.8, 4) is 0 Å². The van der Waals surface area contributed by atoms with Gasteiger partial charge in [0.2, 0.25) is 0 Å². The average Bonchev–Trinajstić information content (AvgIpc) is 2.14. The maximum Gasteiger partial charge on any atom is 0.333 e. The van der Waals surface area contributed by atoms with E-state index in [-0.39, 0.29) is 12.1 Å². The van der Waals surface area contributed by atoms with E-state index in [1.165, 1.54) is 0 Å². The van der Waals surface area contributed by atoms with Gasteiger partial charge in [-0.25, -0.2) is 4.79 Å². The van der Waals surface area contributed by atoms with Crippen molar-refractivity contribution in [3.05, 3.63) is 12.2 Å². The van der Waals surface area contributed by atoms with Crippen LogP contribution in [-0.4, -0.2) is 55.5 Å². The number of ether oxygens (including phenoxy) is 1. The lowest BCUT2D eigenvalue weighted by atomic mass is 10.2.